The van der Waals surface area contributed by atoms with Gasteiger partial charge in [-0.05, 0) is 50.4 Å². The van der Waals surface area contributed by atoms with E-state index in [1.165, 1.54) is 7.11 Å². The van der Waals surface area contributed by atoms with Gasteiger partial charge in [0.25, 0.3) is 0 Å². The maximum absolute atomic E-state index is 13.7. The fourth-order valence-electron chi connectivity index (χ4n) is 3.74. The van der Waals surface area contributed by atoms with Crippen LogP contribution in [-0.4, -0.2) is 35.0 Å². The standard InChI is InChI=1S/C23H37FO4/c1-4-5-16-23(27,18(2)24)17-10-11-19-14-15-21(25)20(19)12-8-6-7-9-13-22(26)28-3/h6,8,10-11,19-21,25,27H,2,4-5,7,9,12-17H2,1,3H3/t19-,20+,21-,23?/m0/s1. The molecule has 1 aliphatic carbocycles. The van der Waals surface area contributed by atoms with Crippen LogP contribution in [0.3, 0.4) is 0 Å². The molecule has 0 radical (unpaired) electrons. The third-order valence-corrected chi connectivity index (χ3v) is 5.68. The molecule has 1 rings (SSSR count). The van der Waals surface area contributed by atoms with E-state index in [9.17, 15) is 19.4 Å². The number of carbonyl (C=O) groups is 1. The molecule has 5 heteroatoms. The highest BCUT2D eigenvalue weighted by Gasteiger charge is 2.33. The van der Waals surface area contributed by atoms with Crippen molar-refractivity contribution in [1.82, 2.24) is 0 Å². The topological polar surface area (TPSA) is 66.8 Å². The van der Waals surface area contributed by atoms with Crippen molar-refractivity contribution >= 4 is 5.97 Å². The van der Waals surface area contributed by atoms with E-state index < -0.39 is 11.4 Å². The molecule has 1 aliphatic rings. The number of rotatable bonds is 13. The first-order valence-corrected chi connectivity index (χ1v) is 10.5. The molecule has 0 aromatic carbocycles. The van der Waals surface area contributed by atoms with Crippen LogP contribution in [0.1, 0.15) is 71.1 Å². The minimum absolute atomic E-state index is 0.130. The quantitative estimate of drug-likeness (QED) is 0.261. The number of aliphatic hydroxyl groups is 2. The third-order valence-electron chi connectivity index (χ3n) is 5.68. The predicted octanol–water partition coefficient (Wildman–Crippen LogP) is 5.01. The molecule has 160 valence electrons. The normalized spacial score (nSPS) is 24.7. The Morgan fingerprint density at radius 1 is 1.29 bits per heavy atom. The number of hydrogen-bond donors (Lipinski definition) is 2. The van der Waals surface area contributed by atoms with E-state index in [2.05, 4.69) is 17.4 Å². The third kappa shape index (κ3) is 8.27. The summed E-state index contributed by atoms with van der Waals surface area (Å²) in [5, 5.41) is 20.8. The number of esters is 1. The molecule has 0 spiro atoms. The zero-order valence-electron chi connectivity index (χ0n) is 17.4. The van der Waals surface area contributed by atoms with E-state index in [-0.39, 0.29) is 30.3 Å². The molecular weight excluding hydrogens is 359 g/mol. The van der Waals surface area contributed by atoms with Gasteiger partial charge in [-0.3, -0.25) is 4.79 Å². The maximum atomic E-state index is 13.7. The first-order chi connectivity index (χ1) is 13.3. The van der Waals surface area contributed by atoms with Gasteiger partial charge in [-0.1, -0.05) is 50.6 Å². The first kappa shape index (κ1) is 24.6. The van der Waals surface area contributed by atoms with Crippen molar-refractivity contribution in [3.05, 3.63) is 36.7 Å². The summed E-state index contributed by atoms with van der Waals surface area (Å²) in [5.41, 5.74) is -1.49. The summed E-state index contributed by atoms with van der Waals surface area (Å²) in [4.78, 5) is 11.1. The minimum atomic E-state index is -1.49. The summed E-state index contributed by atoms with van der Waals surface area (Å²) < 4.78 is 18.3. The second kappa shape index (κ2) is 12.9. The van der Waals surface area contributed by atoms with Crippen LogP contribution in [0.5, 0.6) is 0 Å². The molecule has 0 aliphatic heterocycles. The van der Waals surface area contributed by atoms with E-state index in [1.807, 2.05) is 25.2 Å². The SMILES string of the molecule is C=C(F)C(O)(CC=C[C@H]1CC[C@H](O)[C@@H]1CC=CCCCC(=O)OC)CCCC. The Bertz CT molecular complexity index is 543. The van der Waals surface area contributed by atoms with Crippen molar-refractivity contribution in [2.24, 2.45) is 11.8 Å². The number of ether oxygens (including phenoxy) is 1. The lowest BCUT2D eigenvalue weighted by molar-refractivity contribution is -0.140. The van der Waals surface area contributed by atoms with Crippen LogP contribution in [-0.2, 0) is 9.53 Å². The fraction of sp³-hybridized carbons (Fsp3) is 0.696. The molecule has 1 saturated carbocycles. The Kier molecular flexibility index (Phi) is 11.3. The van der Waals surface area contributed by atoms with Crippen LogP contribution in [0, 0.1) is 11.8 Å². The van der Waals surface area contributed by atoms with Gasteiger partial charge >= 0.3 is 5.97 Å². The highest BCUT2D eigenvalue weighted by atomic mass is 19.1. The average molecular weight is 397 g/mol. The Morgan fingerprint density at radius 3 is 2.68 bits per heavy atom. The molecule has 0 saturated heterocycles. The van der Waals surface area contributed by atoms with Gasteiger partial charge in [-0.25, -0.2) is 4.39 Å². The monoisotopic (exact) mass is 396 g/mol. The van der Waals surface area contributed by atoms with E-state index in [1.54, 1.807) is 0 Å². The van der Waals surface area contributed by atoms with Crippen LogP contribution in [0.15, 0.2) is 36.7 Å². The highest BCUT2D eigenvalue weighted by molar-refractivity contribution is 5.69. The predicted molar refractivity (Wildman–Crippen MR) is 110 cm³/mol. The summed E-state index contributed by atoms with van der Waals surface area (Å²) in [7, 11) is 1.39. The number of unbranched alkanes of at least 4 members (excludes halogenated alkanes) is 2. The van der Waals surface area contributed by atoms with Crippen molar-refractivity contribution in [3.8, 4) is 0 Å². The van der Waals surface area contributed by atoms with E-state index in [0.717, 1.165) is 44.9 Å². The minimum Gasteiger partial charge on any atom is -0.469 e. The van der Waals surface area contributed by atoms with Gasteiger partial charge in [-0.15, -0.1) is 0 Å². The van der Waals surface area contributed by atoms with Gasteiger partial charge < -0.3 is 14.9 Å². The van der Waals surface area contributed by atoms with Gasteiger partial charge in [0.15, 0.2) is 0 Å². The van der Waals surface area contributed by atoms with E-state index >= 15 is 0 Å². The lowest BCUT2D eigenvalue weighted by Crippen LogP contribution is -2.28. The summed E-state index contributed by atoms with van der Waals surface area (Å²) in [6.45, 7) is 5.31. The van der Waals surface area contributed by atoms with Crippen molar-refractivity contribution < 1.29 is 24.1 Å². The van der Waals surface area contributed by atoms with Gasteiger partial charge in [0.2, 0.25) is 0 Å². The molecule has 4 nitrogen and oxygen atoms in total. The molecule has 1 unspecified atom stereocenters. The lowest BCUT2D eigenvalue weighted by Gasteiger charge is -2.25. The van der Waals surface area contributed by atoms with Crippen LogP contribution >= 0.6 is 0 Å². The summed E-state index contributed by atoms with van der Waals surface area (Å²) in [5.74, 6) is -0.522. The molecule has 1 fully saturated rings. The molecule has 0 heterocycles. The highest BCUT2D eigenvalue weighted by Crippen LogP contribution is 2.36. The van der Waals surface area contributed by atoms with Crippen molar-refractivity contribution in [1.29, 1.82) is 0 Å². The van der Waals surface area contributed by atoms with Crippen molar-refractivity contribution in [2.75, 3.05) is 7.11 Å². The van der Waals surface area contributed by atoms with Gasteiger partial charge in [0, 0.05) is 12.8 Å². The van der Waals surface area contributed by atoms with Crippen molar-refractivity contribution in [2.45, 2.75) is 82.8 Å². The molecule has 2 N–H and O–H groups in total. The summed E-state index contributed by atoms with van der Waals surface area (Å²) >= 11 is 0. The van der Waals surface area contributed by atoms with Gasteiger partial charge in [-0.2, -0.15) is 0 Å². The molecular formula is C23H37FO4. The van der Waals surface area contributed by atoms with Crippen LogP contribution < -0.4 is 0 Å². The number of methoxy groups -OCH3 is 1. The average Bonchev–Trinajstić information content (AvgIpc) is 3.02. The van der Waals surface area contributed by atoms with E-state index in [0.29, 0.717) is 12.8 Å². The zero-order valence-corrected chi connectivity index (χ0v) is 17.4. The fourth-order valence-corrected chi connectivity index (χ4v) is 3.74. The Labute approximate surface area is 169 Å². The van der Waals surface area contributed by atoms with Crippen LogP contribution in [0.25, 0.3) is 0 Å². The maximum Gasteiger partial charge on any atom is 0.305 e. The summed E-state index contributed by atoms with van der Waals surface area (Å²) in [6, 6.07) is 0. The number of carbonyl (C=O) groups excluding carboxylic acids is 1. The second-order valence-corrected chi connectivity index (χ2v) is 7.82. The van der Waals surface area contributed by atoms with Gasteiger partial charge in [0.1, 0.15) is 11.4 Å². The molecule has 28 heavy (non-hydrogen) atoms. The Morgan fingerprint density at radius 2 is 2.04 bits per heavy atom. The molecule has 0 aromatic heterocycles. The molecule has 0 aromatic rings. The Hall–Kier alpha value is -1.46. The molecule has 0 bridgehead atoms. The number of hydrogen-bond acceptors (Lipinski definition) is 4. The molecule has 4 atom stereocenters. The largest absolute Gasteiger partial charge is 0.469 e. The van der Waals surface area contributed by atoms with Gasteiger partial charge in [0.05, 0.1) is 13.2 Å². The summed E-state index contributed by atoms with van der Waals surface area (Å²) in [6.07, 6.45) is 14.2. The van der Waals surface area contributed by atoms with Crippen LogP contribution in [0.4, 0.5) is 4.39 Å². The first-order valence-electron chi connectivity index (χ1n) is 10.5. The number of allylic oxidation sites excluding steroid dienone is 3. The zero-order chi connectivity index (χ0) is 21.0. The smallest absolute Gasteiger partial charge is 0.305 e. The lowest BCUT2D eigenvalue weighted by atomic mass is 9.88. The number of halogens is 1. The van der Waals surface area contributed by atoms with E-state index in [4.69, 9.17) is 0 Å². The Balaban J connectivity index is 2.51. The number of aliphatic hydroxyl groups excluding tert-OH is 1. The van der Waals surface area contributed by atoms with Crippen molar-refractivity contribution in [3.63, 3.8) is 0 Å². The second-order valence-electron chi connectivity index (χ2n) is 7.82. The van der Waals surface area contributed by atoms with Crippen LogP contribution in [0.2, 0.25) is 0 Å². The molecule has 0 amide bonds.